The number of benzene rings is 1. The Labute approximate surface area is 185 Å². The smallest absolute Gasteiger partial charge is 0.302 e. The number of allylic oxidation sites excluding steroid dienone is 3. The molecule has 0 unspecified atom stereocenters. The van der Waals surface area contributed by atoms with Crippen LogP contribution in [0.15, 0.2) is 53.6 Å². The zero-order valence-corrected chi connectivity index (χ0v) is 19.0. The van der Waals surface area contributed by atoms with E-state index in [0.29, 0.717) is 17.8 Å². The molecule has 1 aromatic carbocycles. The molecule has 3 heteroatoms. The van der Waals surface area contributed by atoms with Gasteiger partial charge in [0, 0.05) is 24.5 Å². The van der Waals surface area contributed by atoms with E-state index in [2.05, 4.69) is 26.0 Å². The van der Waals surface area contributed by atoms with Crippen molar-refractivity contribution >= 4 is 11.8 Å². The van der Waals surface area contributed by atoms with Gasteiger partial charge in [0.15, 0.2) is 5.78 Å². The van der Waals surface area contributed by atoms with Gasteiger partial charge in [0.05, 0.1) is 0 Å². The molecule has 0 aliphatic heterocycles. The Morgan fingerprint density at radius 2 is 1.68 bits per heavy atom. The first-order valence-electron chi connectivity index (χ1n) is 12.0. The van der Waals surface area contributed by atoms with E-state index in [9.17, 15) is 9.59 Å². The minimum Gasteiger partial charge on any atom is -0.462 e. The largest absolute Gasteiger partial charge is 0.462 e. The summed E-state index contributed by atoms with van der Waals surface area (Å²) < 4.78 is 5.56. The molecule has 0 bridgehead atoms. The van der Waals surface area contributed by atoms with Crippen LogP contribution in [0.2, 0.25) is 0 Å². The SMILES string of the molecule is CC(=O)O[C@@H]1CC[C@@]2(C)C(=CC[C@@H]3[C@H]2CC[C@]2(C)C(C(=O)c4ccccc4)=CC[C@H]32)C1. The number of esters is 1. The van der Waals surface area contributed by atoms with Crippen LogP contribution in [0.25, 0.3) is 0 Å². The summed E-state index contributed by atoms with van der Waals surface area (Å²) in [6.45, 7) is 6.33. The standard InChI is InChI=1S/C28H34O3/c1-18(29)31-21-13-15-27(2)20(17-21)9-10-22-23-11-12-25(28(23,3)16-14-24(22)27)26(30)19-7-5-4-6-8-19/h4-9,12,21-24H,10-11,13-17H2,1-3H3/t21-,22+,23-,24-,27+,28+/m1/s1. The predicted molar refractivity (Wildman–Crippen MR) is 121 cm³/mol. The summed E-state index contributed by atoms with van der Waals surface area (Å²) in [6, 6.07) is 9.78. The van der Waals surface area contributed by atoms with Crippen molar-refractivity contribution in [1.29, 1.82) is 0 Å². The van der Waals surface area contributed by atoms with E-state index in [1.165, 1.54) is 18.9 Å². The number of carbonyl (C=O) groups excluding carboxylic acids is 2. The van der Waals surface area contributed by atoms with Crippen LogP contribution in [-0.4, -0.2) is 17.9 Å². The fourth-order valence-electron chi connectivity index (χ4n) is 7.63. The summed E-state index contributed by atoms with van der Waals surface area (Å²) in [5.74, 6) is 1.92. The van der Waals surface area contributed by atoms with Crippen LogP contribution in [0.5, 0.6) is 0 Å². The van der Waals surface area contributed by atoms with Gasteiger partial charge in [-0.15, -0.1) is 0 Å². The zero-order valence-electron chi connectivity index (χ0n) is 19.0. The van der Waals surface area contributed by atoms with Crippen molar-refractivity contribution in [2.24, 2.45) is 28.6 Å². The first kappa shape index (κ1) is 20.7. The van der Waals surface area contributed by atoms with E-state index in [1.54, 1.807) is 0 Å². The summed E-state index contributed by atoms with van der Waals surface area (Å²) in [4.78, 5) is 24.8. The molecular weight excluding hydrogens is 384 g/mol. The van der Waals surface area contributed by atoms with Gasteiger partial charge < -0.3 is 4.74 Å². The van der Waals surface area contributed by atoms with Crippen LogP contribution >= 0.6 is 0 Å². The van der Waals surface area contributed by atoms with Crippen LogP contribution in [0.1, 0.15) is 76.1 Å². The van der Waals surface area contributed by atoms with E-state index in [4.69, 9.17) is 4.74 Å². The molecule has 5 rings (SSSR count). The Bertz CT molecular complexity index is 958. The highest BCUT2D eigenvalue weighted by Gasteiger charge is 2.57. The second kappa shape index (κ2) is 7.46. The molecule has 0 saturated heterocycles. The maximum atomic E-state index is 13.4. The molecule has 0 radical (unpaired) electrons. The number of Topliss-reactive ketones (excluding diaryl/α,β-unsaturated/α-hetero) is 1. The van der Waals surface area contributed by atoms with E-state index in [-0.39, 0.29) is 28.7 Å². The van der Waals surface area contributed by atoms with Crippen LogP contribution in [0, 0.1) is 28.6 Å². The molecule has 0 N–H and O–H groups in total. The molecule has 2 fully saturated rings. The molecule has 0 spiro atoms. The monoisotopic (exact) mass is 418 g/mol. The highest BCUT2D eigenvalue weighted by Crippen LogP contribution is 2.65. The van der Waals surface area contributed by atoms with Gasteiger partial charge in [0.2, 0.25) is 0 Å². The molecule has 31 heavy (non-hydrogen) atoms. The molecule has 6 atom stereocenters. The fraction of sp³-hybridized carbons (Fsp3) is 0.571. The lowest BCUT2D eigenvalue weighted by molar-refractivity contribution is -0.148. The Kier molecular flexibility index (Phi) is 4.99. The lowest BCUT2D eigenvalue weighted by Gasteiger charge is -2.57. The minimum atomic E-state index is -0.163. The van der Waals surface area contributed by atoms with Gasteiger partial charge in [-0.3, -0.25) is 9.59 Å². The summed E-state index contributed by atoms with van der Waals surface area (Å²) in [7, 11) is 0. The number of fused-ring (bicyclic) bond motifs is 5. The number of ketones is 1. The highest BCUT2D eigenvalue weighted by atomic mass is 16.5. The Morgan fingerprint density at radius 3 is 2.42 bits per heavy atom. The Morgan fingerprint density at radius 1 is 0.935 bits per heavy atom. The number of hydrogen-bond acceptors (Lipinski definition) is 3. The molecule has 4 aliphatic rings. The van der Waals surface area contributed by atoms with Crippen molar-refractivity contribution in [3.05, 3.63) is 59.2 Å². The molecule has 4 aliphatic carbocycles. The van der Waals surface area contributed by atoms with Crippen molar-refractivity contribution in [3.63, 3.8) is 0 Å². The summed E-state index contributed by atoms with van der Waals surface area (Å²) >= 11 is 0. The van der Waals surface area contributed by atoms with E-state index in [1.807, 2.05) is 30.3 Å². The van der Waals surface area contributed by atoms with Gasteiger partial charge >= 0.3 is 5.97 Å². The summed E-state index contributed by atoms with van der Waals surface area (Å²) in [6.07, 6.45) is 12.2. The zero-order chi connectivity index (χ0) is 21.8. The van der Waals surface area contributed by atoms with Crippen LogP contribution in [0.4, 0.5) is 0 Å². The van der Waals surface area contributed by atoms with Crippen molar-refractivity contribution in [1.82, 2.24) is 0 Å². The second-order valence-electron chi connectivity index (χ2n) is 10.7. The Balaban J connectivity index is 1.39. The maximum Gasteiger partial charge on any atom is 0.302 e. The van der Waals surface area contributed by atoms with Crippen molar-refractivity contribution in [2.75, 3.05) is 0 Å². The van der Waals surface area contributed by atoms with Crippen molar-refractivity contribution in [2.45, 2.75) is 71.8 Å². The molecule has 0 aromatic heterocycles. The number of rotatable bonds is 3. The van der Waals surface area contributed by atoms with Crippen LogP contribution in [-0.2, 0) is 9.53 Å². The Hall–Kier alpha value is -2.16. The quantitative estimate of drug-likeness (QED) is 0.329. The lowest BCUT2D eigenvalue weighted by atomic mass is 9.47. The molecule has 3 nitrogen and oxygen atoms in total. The summed E-state index contributed by atoms with van der Waals surface area (Å²) in [5.41, 5.74) is 3.60. The van der Waals surface area contributed by atoms with Gasteiger partial charge in [-0.25, -0.2) is 0 Å². The number of ether oxygens (including phenoxy) is 1. The van der Waals surface area contributed by atoms with Crippen LogP contribution < -0.4 is 0 Å². The molecular formula is C28H34O3. The topological polar surface area (TPSA) is 43.4 Å². The normalized spacial score (nSPS) is 38.8. The predicted octanol–water partition coefficient (Wildman–Crippen LogP) is 6.30. The van der Waals surface area contributed by atoms with E-state index in [0.717, 1.165) is 49.7 Å². The van der Waals surface area contributed by atoms with Crippen LogP contribution in [0.3, 0.4) is 0 Å². The van der Waals surface area contributed by atoms with Gasteiger partial charge in [-0.1, -0.05) is 61.9 Å². The summed E-state index contributed by atoms with van der Waals surface area (Å²) in [5, 5.41) is 0. The van der Waals surface area contributed by atoms with E-state index < -0.39 is 0 Å². The maximum absolute atomic E-state index is 13.4. The highest BCUT2D eigenvalue weighted by molar-refractivity contribution is 6.09. The third-order valence-corrected chi connectivity index (χ3v) is 9.25. The second-order valence-corrected chi connectivity index (χ2v) is 10.7. The molecule has 0 heterocycles. The van der Waals surface area contributed by atoms with Gasteiger partial charge in [0.25, 0.3) is 0 Å². The molecule has 164 valence electrons. The first-order valence-corrected chi connectivity index (χ1v) is 12.0. The third-order valence-electron chi connectivity index (χ3n) is 9.25. The molecule has 0 amide bonds. The average molecular weight is 419 g/mol. The first-order chi connectivity index (χ1) is 14.8. The average Bonchev–Trinajstić information content (AvgIpc) is 3.11. The fourth-order valence-corrected chi connectivity index (χ4v) is 7.63. The van der Waals surface area contributed by atoms with Gasteiger partial charge in [0.1, 0.15) is 6.10 Å². The van der Waals surface area contributed by atoms with Crippen molar-refractivity contribution in [3.8, 4) is 0 Å². The van der Waals surface area contributed by atoms with Gasteiger partial charge in [-0.2, -0.15) is 0 Å². The van der Waals surface area contributed by atoms with E-state index >= 15 is 0 Å². The third kappa shape index (κ3) is 3.23. The number of carbonyl (C=O) groups is 2. The number of hydrogen-bond donors (Lipinski definition) is 0. The van der Waals surface area contributed by atoms with Gasteiger partial charge in [-0.05, 0) is 67.1 Å². The lowest BCUT2D eigenvalue weighted by Crippen LogP contribution is -2.50. The van der Waals surface area contributed by atoms with Crippen molar-refractivity contribution < 1.29 is 14.3 Å². The molecule has 1 aromatic rings. The molecule has 2 saturated carbocycles. The minimum absolute atomic E-state index is 0.00919.